The van der Waals surface area contributed by atoms with Crippen LogP contribution in [-0.2, 0) is 96.0 Å². The molecule has 1 radical (unpaired) electrons. The Labute approximate surface area is 396 Å². The molecule has 1 atom stereocenters. The molecule has 0 amide bonds. The number of allylic oxidation sites excluding steroid dienone is 1. The Morgan fingerprint density at radius 2 is 0.773 bits per heavy atom. The van der Waals surface area contributed by atoms with E-state index in [9.17, 15) is 8.76 Å². The third-order valence-electron chi connectivity index (χ3n) is 9.04. The molecule has 20 heteroatoms. The molecule has 1 aromatic rings. The molecule has 0 saturated carbocycles. The van der Waals surface area contributed by atoms with Crippen LogP contribution >= 0.6 is 0 Å². The third-order valence-corrected chi connectivity index (χ3v) is 9.78. The van der Waals surface area contributed by atoms with E-state index >= 15 is 0 Å². The van der Waals surface area contributed by atoms with Crippen molar-refractivity contribution >= 4 is 16.9 Å². The Morgan fingerprint density at radius 3 is 1.11 bits per heavy atom. The van der Waals surface area contributed by atoms with Crippen molar-refractivity contribution in [2.75, 3.05) is 185 Å². The fourth-order valence-corrected chi connectivity index (χ4v) is 6.00. The fraction of sp³-hybridized carbons (Fsp3) is 0.826. The van der Waals surface area contributed by atoms with Crippen LogP contribution < -0.4 is 10.6 Å². The first-order valence-electron chi connectivity index (χ1n) is 23.7. The molecule has 19 nitrogen and oxygen atoms in total. The minimum absolute atomic E-state index is 0.0854. The number of unbranched alkanes of at least 4 members (excludes halogenated alkanes) is 6. The number of aryl methyl sites for hydroxylation is 1. The average Bonchev–Trinajstić information content (AvgIpc) is 3.32. The van der Waals surface area contributed by atoms with Crippen molar-refractivity contribution < 1.29 is 89.4 Å². The number of hydrogen-bond donors (Lipinski definition) is 1. The van der Waals surface area contributed by atoms with E-state index in [0.29, 0.717) is 172 Å². The number of benzene rings is 1. The number of hydrogen-bond acceptors (Lipinski definition) is 17. The van der Waals surface area contributed by atoms with Gasteiger partial charge in [0, 0.05) is 9.77 Å². The first-order chi connectivity index (χ1) is 32.5. The summed E-state index contributed by atoms with van der Waals surface area (Å²) in [6, 6.07) is 6.52. The second-order valence-corrected chi connectivity index (χ2v) is 15.7. The molecule has 0 aliphatic carbocycles. The maximum Gasteiger partial charge on any atom is 0.597 e. The van der Waals surface area contributed by atoms with Gasteiger partial charge in [-0.25, -0.2) is 0 Å². The van der Waals surface area contributed by atoms with Gasteiger partial charge in [-0.1, -0.05) is 63.7 Å². The van der Waals surface area contributed by atoms with Crippen molar-refractivity contribution in [3.05, 3.63) is 35.4 Å². The minimum Gasteiger partial charge on any atom is -0.491 e. The van der Waals surface area contributed by atoms with Crippen LogP contribution in [0.2, 0.25) is 0 Å². The molecule has 1 aromatic carbocycles. The predicted molar refractivity (Wildman–Crippen MR) is 248 cm³/mol. The summed E-state index contributed by atoms with van der Waals surface area (Å²) >= 11 is 0. The highest BCUT2D eigenvalue weighted by atomic mass is 32.3. The molecular weight excluding hydrogens is 887 g/mol. The van der Waals surface area contributed by atoms with Gasteiger partial charge in [-0.3, -0.25) is 0 Å². The molecule has 0 aliphatic heterocycles. The predicted octanol–water partition coefficient (Wildman–Crippen LogP) is 4.47. The smallest absolute Gasteiger partial charge is 0.491 e. The molecule has 0 spiro atoms. The summed E-state index contributed by atoms with van der Waals surface area (Å²) in [5, 5.41) is 0. The van der Waals surface area contributed by atoms with E-state index in [2.05, 4.69) is 51.6 Å². The van der Waals surface area contributed by atoms with Gasteiger partial charge < -0.3 is 66.3 Å². The molecule has 0 heterocycles. The van der Waals surface area contributed by atoms with Crippen molar-refractivity contribution in [2.24, 2.45) is 0 Å². The van der Waals surface area contributed by atoms with Crippen LogP contribution in [0.4, 0.5) is 0 Å². The molecule has 0 aromatic heterocycles. The van der Waals surface area contributed by atoms with Crippen molar-refractivity contribution in [1.29, 1.82) is 0 Å². The molecule has 0 fully saturated rings. The minimum atomic E-state index is -4.04. The molecule has 66 heavy (non-hydrogen) atoms. The first kappa shape index (κ1) is 62.2. The zero-order valence-electron chi connectivity index (χ0n) is 40.3. The highest BCUT2D eigenvalue weighted by Gasteiger charge is 2.35. The SMILES string of the molecule is C/C=C/c1cc(CCCCCCCCC)ccc1OCCOCCOCCOCCOCCOCCOCCOCCOCCOCCOCCOCCOCCOCCO[S+]([O])(=O)O[NH3+]. The Hall–Kier alpha value is -1.77. The standard InChI is InChI=1S/C46H86NO18S/c1-3-5-6-7-8-9-10-12-44-13-14-46(45(43-44)11-4-2)63-41-39-61-37-35-59-33-31-57-29-27-55-25-23-53-21-19-51-17-15-50-16-18-52-20-22-54-24-26-56-28-30-58-32-34-60-36-38-62-40-42-64-66(48,49)65-47/h4,11,13-14,43H,3,5-10,12,15-42H2,1-2,47H3/q+2/b11-4+. The van der Waals surface area contributed by atoms with Crippen LogP contribution in [0.25, 0.3) is 6.08 Å². The molecule has 0 bridgehead atoms. The van der Waals surface area contributed by atoms with Gasteiger partial charge in [-0.05, 0) is 37.5 Å². The topological polar surface area (TPSA) is 212 Å². The Balaban J connectivity index is 1.72. The number of ether oxygens (including phenoxy) is 14. The fourth-order valence-electron chi connectivity index (χ4n) is 5.66. The van der Waals surface area contributed by atoms with Gasteiger partial charge in [-0.2, -0.15) is 5.90 Å². The van der Waals surface area contributed by atoms with Crippen molar-refractivity contribution in [2.45, 2.75) is 65.2 Å². The molecule has 0 aliphatic rings. The monoisotopic (exact) mass is 973 g/mol. The van der Waals surface area contributed by atoms with Gasteiger partial charge in [-0.15, -0.1) is 4.18 Å². The van der Waals surface area contributed by atoms with Crippen molar-refractivity contribution in [1.82, 2.24) is 0 Å². The summed E-state index contributed by atoms with van der Waals surface area (Å²) in [7, 11) is -4.04. The average molecular weight is 973 g/mol. The lowest BCUT2D eigenvalue weighted by Crippen LogP contribution is -2.53. The molecule has 387 valence electrons. The van der Waals surface area contributed by atoms with Crippen LogP contribution in [0, 0.1) is 0 Å². The van der Waals surface area contributed by atoms with E-state index in [1.54, 1.807) is 0 Å². The molecular formula is C46H86NO18S+2. The quantitative estimate of drug-likeness (QED) is 0.0542. The van der Waals surface area contributed by atoms with E-state index < -0.39 is 10.8 Å². The lowest BCUT2D eigenvalue weighted by atomic mass is 10.0. The third kappa shape index (κ3) is 43.5. The van der Waals surface area contributed by atoms with Crippen LogP contribution in [-0.4, -0.2) is 185 Å². The van der Waals surface area contributed by atoms with Gasteiger partial charge in [0.2, 0.25) is 0 Å². The normalized spacial score (nSPS) is 12.7. The summed E-state index contributed by atoms with van der Waals surface area (Å²) in [5.41, 5.74) is 2.49. The number of rotatable bonds is 54. The van der Waals surface area contributed by atoms with Gasteiger partial charge in [0.05, 0.1) is 176 Å². The van der Waals surface area contributed by atoms with E-state index in [1.165, 1.54) is 50.5 Å². The molecule has 1 rings (SSSR count). The zero-order valence-corrected chi connectivity index (χ0v) is 41.1. The molecule has 0 saturated heterocycles. The van der Waals surface area contributed by atoms with Gasteiger partial charge in [0.15, 0.2) is 0 Å². The number of quaternary nitrogens is 1. The Kier molecular flexibility index (Phi) is 46.8. The molecule has 1 unspecified atom stereocenters. The lowest BCUT2D eigenvalue weighted by Gasteiger charge is -2.12. The van der Waals surface area contributed by atoms with Crippen LogP contribution in [0.15, 0.2) is 24.3 Å². The van der Waals surface area contributed by atoms with Crippen molar-refractivity contribution in [3.8, 4) is 5.75 Å². The Bertz CT molecular complexity index is 1240. The first-order valence-corrected chi connectivity index (χ1v) is 25.1. The van der Waals surface area contributed by atoms with Crippen LogP contribution in [0.1, 0.15) is 69.9 Å². The van der Waals surface area contributed by atoms with Crippen LogP contribution in [0.5, 0.6) is 5.75 Å². The second kappa shape index (κ2) is 49.6. The largest absolute Gasteiger partial charge is 0.597 e. The van der Waals surface area contributed by atoms with Gasteiger partial charge in [0.25, 0.3) is 0 Å². The van der Waals surface area contributed by atoms with Crippen LogP contribution in [0.3, 0.4) is 0 Å². The molecule has 3 N–H and O–H groups in total. The van der Waals surface area contributed by atoms with E-state index in [4.69, 9.17) is 66.3 Å². The highest BCUT2D eigenvalue weighted by molar-refractivity contribution is 7.88. The maximum absolute atomic E-state index is 10.9. The van der Waals surface area contributed by atoms with E-state index in [0.717, 1.165) is 17.7 Å². The lowest BCUT2D eigenvalue weighted by molar-refractivity contribution is -0.640. The highest BCUT2D eigenvalue weighted by Crippen LogP contribution is 2.23. The van der Waals surface area contributed by atoms with Gasteiger partial charge in [0.1, 0.15) is 23.5 Å². The summed E-state index contributed by atoms with van der Waals surface area (Å²) in [6.45, 7) is 16.3. The van der Waals surface area contributed by atoms with E-state index in [1.807, 2.05) is 6.92 Å². The summed E-state index contributed by atoms with van der Waals surface area (Å²) in [6.07, 6.45) is 14.5. The van der Waals surface area contributed by atoms with E-state index in [-0.39, 0.29) is 13.2 Å². The van der Waals surface area contributed by atoms with Crippen molar-refractivity contribution in [3.63, 3.8) is 0 Å². The second-order valence-electron chi connectivity index (χ2n) is 14.4. The zero-order chi connectivity index (χ0) is 47.5. The summed E-state index contributed by atoms with van der Waals surface area (Å²) in [5.74, 6) is 3.67. The van der Waals surface area contributed by atoms with Gasteiger partial charge >= 0.3 is 10.8 Å². The summed E-state index contributed by atoms with van der Waals surface area (Å²) < 4.78 is 107. The summed E-state index contributed by atoms with van der Waals surface area (Å²) in [4.78, 5) is 0. The maximum atomic E-state index is 10.9. The Morgan fingerprint density at radius 1 is 0.455 bits per heavy atom.